The molecule has 0 saturated heterocycles. The first-order valence-electron chi connectivity index (χ1n) is 4.85. The Morgan fingerprint density at radius 1 is 1.31 bits per heavy atom. The fraction of sp³-hybridized carbons (Fsp3) is 0.400. The summed E-state index contributed by atoms with van der Waals surface area (Å²) in [5, 5.41) is 0. The van der Waals surface area contributed by atoms with Gasteiger partial charge in [0.15, 0.2) is 0 Å². The number of unbranched alkanes of at least 4 members (excludes halogenated alkanes) is 1. The van der Waals surface area contributed by atoms with Crippen LogP contribution in [-0.4, -0.2) is 20.1 Å². The summed E-state index contributed by atoms with van der Waals surface area (Å²) < 4.78 is 38.1. The number of sulfonamides is 1. The van der Waals surface area contributed by atoms with Crippen molar-refractivity contribution in [2.24, 2.45) is 0 Å². The molecule has 0 aliphatic heterocycles. The lowest BCUT2D eigenvalue weighted by Crippen LogP contribution is -2.16. The summed E-state index contributed by atoms with van der Waals surface area (Å²) >= 11 is 5.45. The zero-order valence-electron chi connectivity index (χ0n) is 8.62. The van der Waals surface area contributed by atoms with Crippen LogP contribution in [0.15, 0.2) is 24.3 Å². The molecule has 0 radical (unpaired) electrons. The topological polar surface area (TPSA) is 46.2 Å². The van der Waals surface area contributed by atoms with Crippen LogP contribution < -0.4 is 4.72 Å². The lowest BCUT2D eigenvalue weighted by atomic mass is 10.3. The van der Waals surface area contributed by atoms with E-state index in [1.807, 2.05) is 0 Å². The first kappa shape index (κ1) is 13.3. The van der Waals surface area contributed by atoms with E-state index in [2.05, 4.69) is 4.72 Å². The standard InChI is InChI=1S/C10H13ClFNO2S/c11-6-1-2-7-16(14,15)13-10-5-3-4-9(12)8-10/h3-5,8,13H,1-2,6-7H2. The van der Waals surface area contributed by atoms with Gasteiger partial charge in [-0.1, -0.05) is 6.07 Å². The van der Waals surface area contributed by atoms with Crippen LogP contribution in [0.5, 0.6) is 0 Å². The Kier molecular flexibility index (Phi) is 5.02. The molecule has 0 bridgehead atoms. The van der Waals surface area contributed by atoms with E-state index < -0.39 is 15.8 Å². The maximum atomic E-state index is 12.8. The van der Waals surface area contributed by atoms with Crippen molar-refractivity contribution in [3.63, 3.8) is 0 Å². The summed E-state index contributed by atoms with van der Waals surface area (Å²) in [6, 6.07) is 5.35. The number of nitrogens with one attached hydrogen (secondary N) is 1. The molecule has 0 atom stereocenters. The van der Waals surface area contributed by atoms with Crippen molar-refractivity contribution in [3.05, 3.63) is 30.1 Å². The van der Waals surface area contributed by atoms with Crippen molar-refractivity contribution in [3.8, 4) is 0 Å². The van der Waals surface area contributed by atoms with Gasteiger partial charge in [0.1, 0.15) is 5.82 Å². The van der Waals surface area contributed by atoms with E-state index in [4.69, 9.17) is 11.6 Å². The molecule has 0 unspecified atom stereocenters. The number of hydrogen-bond donors (Lipinski definition) is 1. The van der Waals surface area contributed by atoms with Crippen LogP contribution in [-0.2, 0) is 10.0 Å². The molecule has 0 aliphatic rings. The minimum Gasteiger partial charge on any atom is -0.283 e. The molecular weight excluding hydrogens is 253 g/mol. The van der Waals surface area contributed by atoms with Crippen LogP contribution in [0.4, 0.5) is 10.1 Å². The van der Waals surface area contributed by atoms with E-state index in [-0.39, 0.29) is 11.4 Å². The van der Waals surface area contributed by atoms with Gasteiger partial charge in [-0.2, -0.15) is 0 Å². The fourth-order valence-corrected chi connectivity index (χ4v) is 2.53. The Bertz CT molecular complexity index is 436. The van der Waals surface area contributed by atoms with E-state index in [1.54, 1.807) is 0 Å². The molecule has 90 valence electrons. The molecule has 1 aromatic carbocycles. The van der Waals surface area contributed by atoms with E-state index in [1.165, 1.54) is 18.2 Å². The molecular formula is C10H13ClFNO2S. The number of hydrogen-bond acceptors (Lipinski definition) is 2. The fourth-order valence-electron chi connectivity index (χ4n) is 1.17. The molecule has 0 heterocycles. The van der Waals surface area contributed by atoms with Gasteiger partial charge < -0.3 is 0 Å². The van der Waals surface area contributed by atoms with Gasteiger partial charge in [0.2, 0.25) is 10.0 Å². The van der Waals surface area contributed by atoms with Crippen LogP contribution >= 0.6 is 11.6 Å². The highest BCUT2D eigenvalue weighted by atomic mass is 35.5. The minimum absolute atomic E-state index is 0.00374. The largest absolute Gasteiger partial charge is 0.283 e. The third-order valence-corrected chi connectivity index (χ3v) is 3.53. The summed E-state index contributed by atoms with van der Waals surface area (Å²) in [7, 11) is -3.40. The molecule has 1 rings (SSSR count). The van der Waals surface area contributed by atoms with E-state index in [0.717, 1.165) is 6.07 Å². The Hall–Kier alpha value is -0.810. The Balaban J connectivity index is 2.59. The van der Waals surface area contributed by atoms with Crippen molar-refractivity contribution >= 4 is 27.3 Å². The third kappa shape index (κ3) is 4.81. The molecule has 0 amide bonds. The molecule has 1 aromatic rings. The highest BCUT2D eigenvalue weighted by Gasteiger charge is 2.09. The predicted molar refractivity (Wildman–Crippen MR) is 63.8 cm³/mol. The second-order valence-corrected chi connectivity index (χ2v) is 5.55. The van der Waals surface area contributed by atoms with E-state index >= 15 is 0 Å². The van der Waals surface area contributed by atoms with Crippen molar-refractivity contribution in [1.29, 1.82) is 0 Å². The van der Waals surface area contributed by atoms with E-state index in [9.17, 15) is 12.8 Å². The molecule has 6 heteroatoms. The smallest absolute Gasteiger partial charge is 0.232 e. The van der Waals surface area contributed by atoms with Crippen LogP contribution in [0.3, 0.4) is 0 Å². The van der Waals surface area contributed by atoms with Gasteiger partial charge in [0, 0.05) is 5.88 Å². The monoisotopic (exact) mass is 265 g/mol. The molecule has 0 aliphatic carbocycles. The average Bonchev–Trinajstić information content (AvgIpc) is 2.17. The molecule has 0 saturated carbocycles. The highest BCUT2D eigenvalue weighted by molar-refractivity contribution is 7.92. The first-order chi connectivity index (χ1) is 7.53. The Labute approximate surface area is 99.7 Å². The molecule has 1 N–H and O–H groups in total. The van der Waals surface area contributed by atoms with Gasteiger partial charge in [-0.05, 0) is 31.0 Å². The zero-order valence-corrected chi connectivity index (χ0v) is 10.2. The number of alkyl halides is 1. The number of rotatable bonds is 6. The number of anilines is 1. The van der Waals surface area contributed by atoms with Crippen molar-refractivity contribution < 1.29 is 12.8 Å². The van der Waals surface area contributed by atoms with Gasteiger partial charge in [0.05, 0.1) is 11.4 Å². The summed E-state index contributed by atoms with van der Waals surface area (Å²) in [6.45, 7) is 0. The highest BCUT2D eigenvalue weighted by Crippen LogP contribution is 2.11. The lowest BCUT2D eigenvalue weighted by Gasteiger charge is -2.07. The summed E-state index contributed by atoms with van der Waals surface area (Å²) in [5.41, 5.74) is 0.242. The maximum absolute atomic E-state index is 12.8. The predicted octanol–water partition coefficient (Wildman–Crippen LogP) is 2.59. The summed E-state index contributed by atoms with van der Waals surface area (Å²) in [6.07, 6.45) is 1.14. The van der Waals surface area contributed by atoms with Crippen molar-refractivity contribution in [2.45, 2.75) is 12.8 Å². The number of benzene rings is 1. The normalized spacial score (nSPS) is 11.4. The van der Waals surface area contributed by atoms with Gasteiger partial charge >= 0.3 is 0 Å². The van der Waals surface area contributed by atoms with Crippen LogP contribution in [0.2, 0.25) is 0 Å². The van der Waals surface area contributed by atoms with Gasteiger partial charge in [0.25, 0.3) is 0 Å². The zero-order chi connectivity index (χ0) is 12.0. The third-order valence-electron chi connectivity index (χ3n) is 1.89. The summed E-state index contributed by atoms with van der Waals surface area (Å²) in [5.74, 6) is -0.0351. The maximum Gasteiger partial charge on any atom is 0.232 e. The molecule has 0 aromatic heterocycles. The minimum atomic E-state index is -3.40. The van der Waals surface area contributed by atoms with E-state index in [0.29, 0.717) is 18.7 Å². The SMILES string of the molecule is O=S(=O)(CCCCCl)Nc1cccc(F)c1. The van der Waals surface area contributed by atoms with Crippen molar-refractivity contribution in [1.82, 2.24) is 0 Å². The van der Waals surface area contributed by atoms with Gasteiger partial charge in [-0.25, -0.2) is 12.8 Å². The van der Waals surface area contributed by atoms with Crippen molar-refractivity contribution in [2.75, 3.05) is 16.4 Å². The van der Waals surface area contributed by atoms with Crippen LogP contribution in [0.1, 0.15) is 12.8 Å². The number of halogens is 2. The van der Waals surface area contributed by atoms with Crippen LogP contribution in [0.25, 0.3) is 0 Å². The quantitative estimate of drug-likeness (QED) is 0.635. The summed E-state index contributed by atoms with van der Waals surface area (Å²) in [4.78, 5) is 0. The van der Waals surface area contributed by atoms with Gasteiger partial charge in [-0.15, -0.1) is 11.6 Å². The first-order valence-corrected chi connectivity index (χ1v) is 7.04. The second-order valence-electron chi connectivity index (χ2n) is 3.33. The molecule has 0 spiro atoms. The van der Waals surface area contributed by atoms with Gasteiger partial charge in [-0.3, -0.25) is 4.72 Å². The molecule has 3 nitrogen and oxygen atoms in total. The second kappa shape index (κ2) is 6.06. The molecule has 0 fully saturated rings. The van der Waals surface area contributed by atoms with Crippen LogP contribution in [0, 0.1) is 5.82 Å². The Morgan fingerprint density at radius 3 is 2.69 bits per heavy atom. The molecule has 16 heavy (non-hydrogen) atoms. The average molecular weight is 266 g/mol. The Morgan fingerprint density at radius 2 is 2.06 bits per heavy atom. The lowest BCUT2D eigenvalue weighted by molar-refractivity contribution is 0.598.